The van der Waals surface area contributed by atoms with Crippen molar-refractivity contribution in [2.24, 2.45) is 11.8 Å². The van der Waals surface area contributed by atoms with Crippen molar-refractivity contribution in [3.8, 4) is 0 Å². The van der Waals surface area contributed by atoms with Crippen LogP contribution in [0.1, 0.15) is 29.6 Å². The molecule has 0 unspecified atom stereocenters. The van der Waals surface area contributed by atoms with Crippen LogP contribution in [0, 0.1) is 11.8 Å². The number of hydrogen-bond acceptors (Lipinski definition) is 2. The fraction of sp³-hybridized carbons (Fsp3) is 0.385. The summed E-state index contributed by atoms with van der Waals surface area (Å²) in [5.41, 5.74) is 0.741. The van der Waals surface area contributed by atoms with Gasteiger partial charge in [0, 0.05) is 17.9 Å². The van der Waals surface area contributed by atoms with E-state index >= 15 is 0 Å². The number of rotatable bonds is 5. The third kappa shape index (κ3) is 2.48. The normalized spacial score (nSPS) is 22.8. The Morgan fingerprint density at radius 3 is 2.56 bits per heavy atom. The maximum atomic E-state index is 11.9. The molecule has 2 atom stereocenters. The van der Waals surface area contributed by atoms with E-state index in [4.69, 9.17) is 5.11 Å². The Morgan fingerprint density at radius 2 is 1.94 bits per heavy atom. The summed E-state index contributed by atoms with van der Waals surface area (Å²) in [4.78, 5) is 22.3. The Bertz CT molecular complexity index is 397. The monoisotopic (exact) mass is 218 g/mol. The zero-order valence-corrected chi connectivity index (χ0v) is 8.93. The van der Waals surface area contributed by atoms with Gasteiger partial charge in [-0.05, 0) is 18.8 Å². The Hall–Kier alpha value is -1.64. The first-order chi connectivity index (χ1) is 7.68. The molecular formula is C13H14O3. The van der Waals surface area contributed by atoms with E-state index in [1.54, 1.807) is 0 Å². The Labute approximate surface area is 94.1 Å². The number of Topliss-reactive ketones (excluding diaryl/α,β-unsaturated/α-hetero) is 1. The molecular weight excluding hydrogens is 204 g/mol. The largest absolute Gasteiger partial charge is 0.481 e. The van der Waals surface area contributed by atoms with Crippen molar-refractivity contribution in [1.82, 2.24) is 0 Å². The number of carbonyl (C=O) groups excluding carboxylic acids is 1. The predicted octanol–water partition coefficient (Wildman–Crippen LogP) is 2.37. The van der Waals surface area contributed by atoms with Crippen LogP contribution in [0.2, 0.25) is 0 Å². The molecule has 1 aromatic carbocycles. The van der Waals surface area contributed by atoms with Gasteiger partial charge in [-0.1, -0.05) is 30.3 Å². The molecule has 0 amide bonds. The van der Waals surface area contributed by atoms with Crippen molar-refractivity contribution in [3.05, 3.63) is 35.9 Å². The minimum Gasteiger partial charge on any atom is -0.481 e. The smallest absolute Gasteiger partial charge is 0.303 e. The number of aliphatic carboxylic acids is 1. The summed E-state index contributed by atoms with van der Waals surface area (Å²) in [6.45, 7) is 0. The quantitative estimate of drug-likeness (QED) is 0.772. The van der Waals surface area contributed by atoms with Crippen LogP contribution in [-0.2, 0) is 4.79 Å². The van der Waals surface area contributed by atoms with E-state index in [9.17, 15) is 9.59 Å². The van der Waals surface area contributed by atoms with Gasteiger partial charge in [-0.25, -0.2) is 0 Å². The van der Waals surface area contributed by atoms with Crippen LogP contribution in [-0.4, -0.2) is 16.9 Å². The lowest BCUT2D eigenvalue weighted by Crippen LogP contribution is -2.04. The zero-order chi connectivity index (χ0) is 11.5. The summed E-state index contributed by atoms with van der Waals surface area (Å²) in [6, 6.07) is 9.21. The van der Waals surface area contributed by atoms with Crippen molar-refractivity contribution in [2.45, 2.75) is 19.3 Å². The Kier molecular flexibility index (Phi) is 3.04. The summed E-state index contributed by atoms with van der Waals surface area (Å²) >= 11 is 0. The topological polar surface area (TPSA) is 54.4 Å². The molecule has 0 saturated heterocycles. The fourth-order valence-corrected chi connectivity index (χ4v) is 2.01. The predicted molar refractivity (Wildman–Crippen MR) is 59.2 cm³/mol. The molecule has 0 aromatic heterocycles. The highest BCUT2D eigenvalue weighted by molar-refractivity contribution is 5.99. The van der Waals surface area contributed by atoms with Crippen LogP contribution < -0.4 is 0 Å². The summed E-state index contributed by atoms with van der Waals surface area (Å²) in [5, 5.41) is 8.55. The van der Waals surface area contributed by atoms with Gasteiger partial charge in [-0.3, -0.25) is 9.59 Å². The summed E-state index contributed by atoms with van der Waals surface area (Å²) in [5.74, 6) is -0.278. The molecule has 1 aliphatic rings. The number of carbonyl (C=O) groups is 2. The summed E-state index contributed by atoms with van der Waals surface area (Å²) in [7, 11) is 0. The van der Waals surface area contributed by atoms with E-state index in [0.717, 1.165) is 12.0 Å². The molecule has 0 spiro atoms. The first-order valence-corrected chi connectivity index (χ1v) is 5.49. The second-order valence-electron chi connectivity index (χ2n) is 4.26. The second-order valence-corrected chi connectivity index (χ2v) is 4.26. The van der Waals surface area contributed by atoms with E-state index < -0.39 is 5.97 Å². The van der Waals surface area contributed by atoms with E-state index in [0.29, 0.717) is 6.42 Å². The van der Waals surface area contributed by atoms with Crippen molar-refractivity contribution >= 4 is 11.8 Å². The van der Waals surface area contributed by atoms with Crippen molar-refractivity contribution in [1.29, 1.82) is 0 Å². The van der Waals surface area contributed by atoms with Crippen LogP contribution in [0.4, 0.5) is 0 Å². The molecule has 1 aliphatic carbocycles. The van der Waals surface area contributed by atoms with E-state index in [1.165, 1.54) is 0 Å². The molecule has 84 valence electrons. The fourth-order valence-electron chi connectivity index (χ4n) is 2.01. The molecule has 3 nitrogen and oxygen atoms in total. The minimum atomic E-state index is -0.780. The highest BCUT2D eigenvalue weighted by Crippen LogP contribution is 2.44. The third-order valence-corrected chi connectivity index (χ3v) is 3.05. The number of benzene rings is 1. The highest BCUT2D eigenvalue weighted by atomic mass is 16.4. The zero-order valence-electron chi connectivity index (χ0n) is 8.93. The van der Waals surface area contributed by atoms with Crippen LogP contribution in [0.25, 0.3) is 0 Å². The van der Waals surface area contributed by atoms with Gasteiger partial charge < -0.3 is 5.11 Å². The third-order valence-electron chi connectivity index (χ3n) is 3.05. The lowest BCUT2D eigenvalue weighted by molar-refractivity contribution is -0.137. The maximum Gasteiger partial charge on any atom is 0.303 e. The molecule has 3 heteroatoms. The molecule has 0 radical (unpaired) electrons. The average molecular weight is 218 g/mol. The first-order valence-electron chi connectivity index (χ1n) is 5.49. The van der Waals surface area contributed by atoms with Gasteiger partial charge in [0.2, 0.25) is 0 Å². The van der Waals surface area contributed by atoms with Crippen molar-refractivity contribution in [2.75, 3.05) is 0 Å². The van der Waals surface area contributed by atoms with Gasteiger partial charge in [0.05, 0.1) is 0 Å². The van der Waals surface area contributed by atoms with Gasteiger partial charge in [-0.15, -0.1) is 0 Å². The van der Waals surface area contributed by atoms with Crippen molar-refractivity contribution in [3.63, 3.8) is 0 Å². The Balaban J connectivity index is 1.88. The van der Waals surface area contributed by atoms with Gasteiger partial charge in [0.25, 0.3) is 0 Å². The second kappa shape index (κ2) is 4.47. The van der Waals surface area contributed by atoms with Gasteiger partial charge in [-0.2, -0.15) is 0 Å². The first kappa shape index (κ1) is 10.9. The van der Waals surface area contributed by atoms with Crippen LogP contribution in [0.5, 0.6) is 0 Å². The molecule has 0 bridgehead atoms. The lowest BCUT2D eigenvalue weighted by Gasteiger charge is -1.99. The van der Waals surface area contributed by atoms with Gasteiger partial charge >= 0.3 is 5.97 Å². The summed E-state index contributed by atoms with van der Waals surface area (Å²) in [6.07, 6.45) is 1.64. The van der Waals surface area contributed by atoms with E-state index in [1.807, 2.05) is 30.3 Å². The number of ketones is 1. The number of carboxylic acid groups (broad SMARTS) is 1. The van der Waals surface area contributed by atoms with Gasteiger partial charge in [0.1, 0.15) is 0 Å². The molecule has 1 N–H and O–H groups in total. The summed E-state index contributed by atoms with van der Waals surface area (Å²) < 4.78 is 0. The van der Waals surface area contributed by atoms with E-state index in [2.05, 4.69) is 0 Å². The average Bonchev–Trinajstić information content (AvgIpc) is 3.06. The number of hydrogen-bond donors (Lipinski definition) is 1. The Morgan fingerprint density at radius 1 is 1.25 bits per heavy atom. The molecule has 16 heavy (non-hydrogen) atoms. The van der Waals surface area contributed by atoms with Crippen molar-refractivity contribution < 1.29 is 14.7 Å². The molecule has 0 heterocycles. The lowest BCUT2D eigenvalue weighted by atomic mass is 10.0. The highest BCUT2D eigenvalue weighted by Gasteiger charge is 2.42. The molecule has 1 saturated carbocycles. The standard InChI is InChI=1S/C13H14O3/c14-12(15)7-6-10-8-11(10)13(16)9-4-2-1-3-5-9/h1-5,10-11H,6-8H2,(H,14,15)/t10-,11+/m0/s1. The molecule has 2 rings (SSSR count). The molecule has 0 aliphatic heterocycles. The minimum absolute atomic E-state index is 0.0572. The molecule has 1 aromatic rings. The van der Waals surface area contributed by atoms with Crippen LogP contribution >= 0.6 is 0 Å². The SMILES string of the molecule is O=C(O)CC[C@H]1C[C@H]1C(=O)c1ccccc1. The van der Waals surface area contributed by atoms with Crippen LogP contribution in [0.15, 0.2) is 30.3 Å². The van der Waals surface area contributed by atoms with Gasteiger partial charge in [0.15, 0.2) is 5.78 Å². The number of carboxylic acids is 1. The van der Waals surface area contributed by atoms with E-state index in [-0.39, 0.29) is 24.0 Å². The molecule has 1 fully saturated rings. The van der Waals surface area contributed by atoms with Crippen LogP contribution in [0.3, 0.4) is 0 Å². The maximum absolute atomic E-state index is 11.9.